The maximum absolute atomic E-state index is 4.55. The lowest BCUT2D eigenvalue weighted by atomic mass is 9.71. The van der Waals surface area contributed by atoms with E-state index in [9.17, 15) is 0 Å². The molecule has 1 atom stereocenters. The van der Waals surface area contributed by atoms with Gasteiger partial charge >= 0.3 is 0 Å². The molecule has 1 aromatic rings. The first-order valence-corrected chi connectivity index (χ1v) is 6.69. The summed E-state index contributed by atoms with van der Waals surface area (Å²) < 4.78 is 1.90. The molecule has 1 unspecified atom stereocenters. The lowest BCUT2D eigenvalue weighted by molar-refractivity contribution is 0.163. The van der Waals surface area contributed by atoms with Crippen LogP contribution in [0, 0.1) is 11.3 Å². The van der Waals surface area contributed by atoms with E-state index in [4.69, 9.17) is 0 Å². The Bertz CT molecular complexity index is 357. The van der Waals surface area contributed by atoms with Gasteiger partial charge in [0, 0.05) is 13.2 Å². The number of hydrogen-bond donors (Lipinski definition) is 1. The van der Waals surface area contributed by atoms with Crippen LogP contribution in [0.25, 0.3) is 0 Å². The zero-order valence-electron chi connectivity index (χ0n) is 11.5. The van der Waals surface area contributed by atoms with Crippen molar-refractivity contribution in [1.82, 2.24) is 15.1 Å². The molecule has 1 aliphatic rings. The van der Waals surface area contributed by atoms with E-state index in [1.807, 2.05) is 17.9 Å². The predicted octanol–water partition coefficient (Wildman–Crippen LogP) is 2.90. The molecule has 0 spiro atoms. The van der Waals surface area contributed by atoms with Crippen LogP contribution in [0.5, 0.6) is 0 Å². The maximum atomic E-state index is 4.55. The molecule has 2 rings (SSSR count). The summed E-state index contributed by atoms with van der Waals surface area (Å²) in [6.45, 7) is 4.77. The molecular weight excluding hydrogens is 210 g/mol. The molecule has 96 valence electrons. The SMILES string of the molecule is CNC(c1ccn(C)n1)C1CCC(C)(C)CC1. The molecule has 1 heterocycles. The Labute approximate surface area is 105 Å². The first-order valence-electron chi connectivity index (χ1n) is 6.69. The van der Waals surface area contributed by atoms with Crippen molar-refractivity contribution in [3.8, 4) is 0 Å². The molecule has 0 aromatic carbocycles. The van der Waals surface area contributed by atoms with Gasteiger partial charge in [-0.15, -0.1) is 0 Å². The summed E-state index contributed by atoms with van der Waals surface area (Å²) in [5, 5.41) is 8.00. The van der Waals surface area contributed by atoms with E-state index in [1.54, 1.807) is 0 Å². The third-order valence-corrected chi connectivity index (χ3v) is 4.22. The molecule has 1 aliphatic carbocycles. The third-order valence-electron chi connectivity index (χ3n) is 4.22. The summed E-state index contributed by atoms with van der Waals surface area (Å²) in [5.74, 6) is 0.739. The number of nitrogens with zero attached hydrogens (tertiary/aromatic N) is 2. The van der Waals surface area contributed by atoms with Crippen LogP contribution in [0.4, 0.5) is 0 Å². The van der Waals surface area contributed by atoms with E-state index in [1.165, 1.54) is 31.4 Å². The normalized spacial score (nSPS) is 22.6. The molecule has 1 saturated carbocycles. The minimum atomic E-state index is 0.423. The predicted molar refractivity (Wildman–Crippen MR) is 70.7 cm³/mol. The monoisotopic (exact) mass is 235 g/mol. The molecule has 1 fully saturated rings. The smallest absolute Gasteiger partial charge is 0.0796 e. The highest BCUT2D eigenvalue weighted by Crippen LogP contribution is 2.42. The Hall–Kier alpha value is -0.830. The Balaban J connectivity index is 2.05. The van der Waals surface area contributed by atoms with E-state index in [2.05, 4.69) is 37.4 Å². The van der Waals surface area contributed by atoms with Crippen LogP contribution in [-0.2, 0) is 7.05 Å². The first-order chi connectivity index (χ1) is 8.02. The van der Waals surface area contributed by atoms with Gasteiger partial charge in [0.2, 0.25) is 0 Å². The highest BCUT2D eigenvalue weighted by Gasteiger charge is 2.32. The molecule has 1 N–H and O–H groups in total. The van der Waals surface area contributed by atoms with E-state index < -0.39 is 0 Å². The van der Waals surface area contributed by atoms with Crippen molar-refractivity contribution in [2.24, 2.45) is 18.4 Å². The van der Waals surface area contributed by atoms with Gasteiger partial charge in [-0.05, 0) is 50.1 Å². The minimum Gasteiger partial charge on any atom is -0.311 e. The van der Waals surface area contributed by atoms with Crippen molar-refractivity contribution in [2.45, 2.75) is 45.6 Å². The number of hydrogen-bond acceptors (Lipinski definition) is 2. The van der Waals surface area contributed by atoms with Gasteiger partial charge in [-0.2, -0.15) is 5.10 Å². The van der Waals surface area contributed by atoms with Gasteiger partial charge in [0.15, 0.2) is 0 Å². The van der Waals surface area contributed by atoms with Crippen molar-refractivity contribution < 1.29 is 0 Å². The Morgan fingerprint density at radius 2 is 2.06 bits per heavy atom. The molecule has 17 heavy (non-hydrogen) atoms. The molecule has 0 aliphatic heterocycles. The standard InChI is InChI=1S/C14H25N3/c1-14(2)8-5-11(6-9-14)13(15-3)12-7-10-17(4)16-12/h7,10-11,13,15H,5-6,8-9H2,1-4H3. The average Bonchev–Trinajstić information content (AvgIpc) is 2.68. The van der Waals surface area contributed by atoms with E-state index in [0.717, 1.165) is 5.92 Å². The van der Waals surface area contributed by atoms with Crippen molar-refractivity contribution in [1.29, 1.82) is 0 Å². The Morgan fingerprint density at radius 3 is 2.53 bits per heavy atom. The van der Waals surface area contributed by atoms with Crippen molar-refractivity contribution in [3.63, 3.8) is 0 Å². The van der Waals surface area contributed by atoms with Gasteiger partial charge in [0.1, 0.15) is 0 Å². The summed E-state index contributed by atoms with van der Waals surface area (Å²) in [4.78, 5) is 0. The van der Waals surface area contributed by atoms with Crippen LogP contribution in [0.15, 0.2) is 12.3 Å². The Morgan fingerprint density at radius 1 is 1.41 bits per heavy atom. The van der Waals surface area contributed by atoms with Crippen molar-refractivity contribution in [2.75, 3.05) is 7.05 Å². The van der Waals surface area contributed by atoms with Crippen LogP contribution in [-0.4, -0.2) is 16.8 Å². The molecule has 3 nitrogen and oxygen atoms in total. The van der Waals surface area contributed by atoms with E-state index in [0.29, 0.717) is 11.5 Å². The second-order valence-electron chi connectivity index (χ2n) is 6.18. The molecule has 0 amide bonds. The van der Waals surface area contributed by atoms with Gasteiger partial charge in [0.05, 0.1) is 11.7 Å². The number of nitrogens with one attached hydrogen (secondary N) is 1. The van der Waals surface area contributed by atoms with Crippen molar-refractivity contribution >= 4 is 0 Å². The largest absolute Gasteiger partial charge is 0.311 e. The van der Waals surface area contributed by atoms with E-state index >= 15 is 0 Å². The number of aromatic nitrogens is 2. The average molecular weight is 235 g/mol. The maximum Gasteiger partial charge on any atom is 0.0796 e. The van der Waals surface area contributed by atoms with Gasteiger partial charge in [-0.25, -0.2) is 0 Å². The highest BCUT2D eigenvalue weighted by atomic mass is 15.3. The Kier molecular flexibility index (Phi) is 3.57. The summed E-state index contributed by atoms with van der Waals surface area (Å²) in [7, 11) is 4.04. The van der Waals surface area contributed by atoms with Crippen LogP contribution in [0.3, 0.4) is 0 Å². The number of aryl methyl sites for hydroxylation is 1. The molecule has 0 bridgehead atoms. The third kappa shape index (κ3) is 2.89. The lowest BCUT2D eigenvalue weighted by Gasteiger charge is -2.37. The van der Waals surface area contributed by atoms with Gasteiger partial charge in [-0.1, -0.05) is 13.8 Å². The second-order valence-corrected chi connectivity index (χ2v) is 6.18. The van der Waals surface area contributed by atoms with Crippen LogP contribution < -0.4 is 5.32 Å². The molecule has 1 aromatic heterocycles. The molecule has 3 heteroatoms. The summed E-state index contributed by atoms with van der Waals surface area (Å²) in [6.07, 6.45) is 7.34. The highest BCUT2D eigenvalue weighted by molar-refractivity contribution is 5.07. The summed E-state index contributed by atoms with van der Waals surface area (Å²) in [6, 6.07) is 2.56. The number of rotatable bonds is 3. The summed E-state index contributed by atoms with van der Waals surface area (Å²) in [5.41, 5.74) is 1.73. The van der Waals surface area contributed by atoms with Gasteiger partial charge < -0.3 is 5.32 Å². The zero-order chi connectivity index (χ0) is 12.5. The van der Waals surface area contributed by atoms with E-state index in [-0.39, 0.29) is 0 Å². The fourth-order valence-corrected chi connectivity index (χ4v) is 2.98. The van der Waals surface area contributed by atoms with Crippen molar-refractivity contribution in [3.05, 3.63) is 18.0 Å². The minimum absolute atomic E-state index is 0.423. The van der Waals surface area contributed by atoms with Gasteiger partial charge in [-0.3, -0.25) is 4.68 Å². The first kappa shape index (κ1) is 12.6. The van der Waals surface area contributed by atoms with Crippen LogP contribution in [0.2, 0.25) is 0 Å². The molecule has 0 saturated heterocycles. The van der Waals surface area contributed by atoms with Crippen LogP contribution in [0.1, 0.15) is 51.3 Å². The van der Waals surface area contributed by atoms with Crippen LogP contribution >= 0.6 is 0 Å². The molecular formula is C14H25N3. The van der Waals surface area contributed by atoms with Gasteiger partial charge in [0.25, 0.3) is 0 Å². The zero-order valence-corrected chi connectivity index (χ0v) is 11.5. The quantitative estimate of drug-likeness (QED) is 0.873. The second kappa shape index (κ2) is 4.81. The summed E-state index contributed by atoms with van der Waals surface area (Å²) >= 11 is 0. The fourth-order valence-electron chi connectivity index (χ4n) is 2.98. The molecule has 0 radical (unpaired) electrons. The fraction of sp³-hybridized carbons (Fsp3) is 0.786. The topological polar surface area (TPSA) is 29.9 Å². The lowest BCUT2D eigenvalue weighted by Crippen LogP contribution is -2.31.